The zero-order valence-corrected chi connectivity index (χ0v) is 21.1. The maximum atomic E-state index is 12.9. The lowest BCUT2D eigenvalue weighted by Gasteiger charge is -2.31. The highest BCUT2D eigenvalue weighted by molar-refractivity contribution is 5.88. The van der Waals surface area contributed by atoms with Crippen molar-refractivity contribution in [2.24, 2.45) is 0 Å². The average Bonchev–Trinajstić information content (AvgIpc) is 3.29. The number of amides is 1. The van der Waals surface area contributed by atoms with Crippen molar-refractivity contribution in [1.29, 1.82) is 0 Å². The number of carbonyl (C=O) groups excluding carboxylic acids is 1. The van der Waals surface area contributed by atoms with Gasteiger partial charge in [0.15, 0.2) is 5.82 Å². The topological polar surface area (TPSA) is 78.2 Å². The fourth-order valence-electron chi connectivity index (χ4n) is 5.04. The summed E-state index contributed by atoms with van der Waals surface area (Å²) in [6.07, 6.45) is 8.11. The van der Waals surface area contributed by atoms with Gasteiger partial charge >= 0.3 is 0 Å². The molecule has 0 saturated carbocycles. The molecule has 1 atom stereocenters. The van der Waals surface area contributed by atoms with E-state index in [1.807, 2.05) is 39.9 Å². The molecular weight excluding hydrogens is 454 g/mol. The molecule has 0 spiro atoms. The molecular formula is C27H35N7O2. The van der Waals surface area contributed by atoms with Crippen LogP contribution in [-0.2, 0) is 22.5 Å². The molecule has 0 radical (unpaired) electrons. The Kier molecular flexibility index (Phi) is 7.60. The summed E-state index contributed by atoms with van der Waals surface area (Å²) in [6, 6.07) is 10.2. The van der Waals surface area contributed by atoms with Gasteiger partial charge in [0.1, 0.15) is 11.8 Å². The fraction of sp³-hybridized carbons (Fsp3) is 0.444. The Bertz CT molecular complexity index is 1200. The van der Waals surface area contributed by atoms with Crippen LogP contribution in [-0.4, -0.2) is 95.2 Å². The van der Waals surface area contributed by atoms with Crippen molar-refractivity contribution in [3.8, 4) is 0 Å². The molecule has 1 amide bonds. The molecule has 1 fully saturated rings. The highest BCUT2D eigenvalue weighted by Gasteiger charge is 2.25. The number of methoxy groups -OCH3 is 1. The number of anilines is 1. The van der Waals surface area contributed by atoms with E-state index in [4.69, 9.17) is 4.74 Å². The smallest absolute Gasteiger partial charge is 0.246 e. The summed E-state index contributed by atoms with van der Waals surface area (Å²) in [5.74, 6) is 0.850. The van der Waals surface area contributed by atoms with Crippen LogP contribution < -0.4 is 5.32 Å². The molecule has 1 N–H and O–H groups in total. The summed E-state index contributed by atoms with van der Waals surface area (Å²) in [4.78, 5) is 24.1. The zero-order valence-electron chi connectivity index (χ0n) is 21.1. The van der Waals surface area contributed by atoms with Gasteiger partial charge in [-0.25, -0.2) is 9.50 Å². The van der Waals surface area contributed by atoms with E-state index < -0.39 is 0 Å². The molecule has 2 aliphatic heterocycles. The third-order valence-corrected chi connectivity index (χ3v) is 7.14. The van der Waals surface area contributed by atoms with Crippen molar-refractivity contribution in [3.05, 3.63) is 71.7 Å². The highest BCUT2D eigenvalue weighted by Crippen LogP contribution is 2.30. The lowest BCUT2D eigenvalue weighted by atomic mass is 10.0. The standard InChI is InChI=1S/C27H35N7O2/c1-31-13-15-32(16-14-31)11-6-9-25(35)33-12-10-23-22(17-33)18-34-26(23)27(28-20-29-34)30-24(19-36-2)21-7-4-3-5-8-21/h3-9,18,20,24H,10-17,19H2,1-2H3,(H,28,29,30)/b9-6+/t24-/m1/s1. The maximum absolute atomic E-state index is 12.9. The molecule has 0 aliphatic carbocycles. The lowest BCUT2D eigenvalue weighted by Crippen LogP contribution is -2.44. The molecule has 36 heavy (non-hydrogen) atoms. The minimum absolute atomic E-state index is 0.0347. The van der Waals surface area contributed by atoms with Crippen LogP contribution in [0.1, 0.15) is 22.7 Å². The van der Waals surface area contributed by atoms with Gasteiger partial charge in [0, 0.05) is 65.2 Å². The molecule has 3 aromatic rings. The number of rotatable bonds is 8. The predicted molar refractivity (Wildman–Crippen MR) is 140 cm³/mol. The van der Waals surface area contributed by atoms with E-state index in [0.29, 0.717) is 19.7 Å². The lowest BCUT2D eigenvalue weighted by molar-refractivity contribution is -0.126. The van der Waals surface area contributed by atoms with E-state index in [0.717, 1.165) is 61.6 Å². The molecule has 1 saturated heterocycles. The van der Waals surface area contributed by atoms with Crippen LogP contribution in [0.25, 0.3) is 5.52 Å². The van der Waals surface area contributed by atoms with Crippen molar-refractivity contribution in [1.82, 2.24) is 29.3 Å². The quantitative estimate of drug-likeness (QED) is 0.486. The summed E-state index contributed by atoms with van der Waals surface area (Å²) < 4.78 is 7.37. The van der Waals surface area contributed by atoms with Gasteiger partial charge in [-0.1, -0.05) is 36.4 Å². The van der Waals surface area contributed by atoms with Crippen LogP contribution in [0, 0.1) is 0 Å². The largest absolute Gasteiger partial charge is 0.382 e. The number of nitrogens with zero attached hydrogens (tertiary/aromatic N) is 6. The Balaban J connectivity index is 1.29. The van der Waals surface area contributed by atoms with Crippen molar-refractivity contribution in [3.63, 3.8) is 0 Å². The number of benzene rings is 1. The van der Waals surface area contributed by atoms with Gasteiger partial charge in [-0.2, -0.15) is 5.10 Å². The summed E-state index contributed by atoms with van der Waals surface area (Å²) >= 11 is 0. The van der Waals surface area contributed by atoms with Gasteiger partial charge in [-0.3, -0.25) is 9.69 Å². The van der Waals surface area contributed by atoms with Gasteiger partial charge in [0.2, 0.25) is 5.91 Å². The molecule has 9 heteroatoms. The predicted octanol–water partition coefficient (Wildman–Crippen LogP) is 2.22. The van der Waals surface area contributed by atoms with Crippen LogP contribution >= 0.6 is 0 Å². The third-order valence-electron chi connectivity index (χ3n) is 7.14. The second-order valence-corrected chi connectivity index (χ2v) is 9.61. The first-order chi connectivity index (χ1) is 17.6. The van der Waals surface area contributed by atoms with Gasteiger partial charge in [0.05, 0.1) is 12.6 Å². The minimum Gasteiger partial charge on any atom is -0.382 e. The average molecular weight is 490 g/mol. The normalized spacial score (nSPS) is 18.0. The molecule has 0 unspecified atom stereocenters. The molecule has 4 heterocycles. The van der Waals surface area contributed by atoms with E-state index in [9.17, 15) is 4.79 Å². The Morgan fingerprint density at radius 3 is 2.75 bits per heavy atom. The van der Waals surface area contributed by atoms with Crippen LogP contribution in [0.4, 0.5) is 5.82 Å². The summed E-state index contributed by atoms with van der Waals surface area (Å²) in [7, 11) is 3.86. The number of carbonyl (C=O) groups is 1. The van der Waals surface area contributed by atoms with E-state index in [2.05, 4.69) is 44.4 Å². The van der Waals surface area contributed by atoms with Crippen molar-refractivity contribution in [2.45, 2.75) is 19.0 Å². The zero-order chi connectivity index (χ0) is 24.9. The molecule has 5 rings (SSSR count). The fourth-order valence-corrected chi connectivity index (χ4v) is 5.04. The maximum Gasteiger partial charge on any atom is 0.246 e. The SMILES string of the molecule is COC[C@@H](Nc1ncnn2cc3c(c12)CCN(C(=O)/C=C/CN1CCN(C)CC1)C3)c1ccccc1. The number of hydrogen-bond donors (Lipinski definition) is 1. The summed E-state index contributed by atoms with van der Waals surface area (Å²) in [5, 5.41) is 8.03. The third kappa shape index (κ3) is 5.43. The number of fused-ring (bicyclic) bond motifs is 3. The monoisotopic (exact) mass is 489 g/mol. The first kappa shape index (κ1) is 24.4. The van der Waals surface area contributed by atoms with Crippen molar-refractivity contribution in [2.75, 3.05) is 65.3 Å². The van der Waals surface area contributed by atoms with Crippen LogP contribution in [0.15, 0.2) is 55.0 Å². The molecule has 9 nitrogen and oxygen atoms in total. The number of nitrogens with one attached hydrogen (secondary N) is 1. The van der Waals surface area contributed by atoms with Gasteiger partial charge in [-0.15, -0.1) is 0 Å². The Morgan fingerprint density at radius 2 is 1.97 bits per heavy atom. The second kappa shape index (κ2) is 11.2. The van der Waals surface area contributed by atoms with E-state index in [-0.39, 0.29) is 11.9 Å². The second-order valence-electron chi connectivity index (χ2n) is 9.61. The van der Waals surface area contributed by atoms with Gasteiger partial charge in [0.25, 0.3) is 0 Å². The highest BCUT2D eigenvalue weighted by atomic mass is 16.5. The molecule has 1 aromatic carbocycles. The first-order valence-corrected chi connectivity index (χ1v) is 12.6. The molecule has 190 valence electrons. The minimum atomic E-state index is -0.0347. The van der Waals surface area contributed by atoms with Gasteiger partial charge < -0.3 is 19.9 Å². The van der Waals surface area contributed by atoms with E-state index in [1.54, 1.807) is 19.5 Å². The number of ether oxygens (including phenoxy) is 1. The first-order valence-electron chi connectivity index (χ1n) is 12.6. The van der Waals surface area contributed by atoms with Crippen LogP contribution in [0.5, 0.6) is 0 Å². The van der Waals surface area contributed by atoms with Crippen molar-refractivity contribution < 1.29 is 9.53 Å². The molecule has 0 bridgehead atoms. The van der Waals surface area contributed by atoms with Crippen molar-refractivity contribution >= 4 is 17.2 Å². The number of likely N-dealkylation sites (N-methyl/N-ethyl adjacent to an activating group) is 1. The molecule has 2 aliphatic rings. The summed E-state index contributed by atoms with van der Waals surface area (Å²) in [5.41, 5.74) is 4.43. The van der Waals surface area contributed by atoms with Crippen LogP contribution in [0.2, 0.25) is 0 Å². The Morgan fingerprint density at radius 1 is 1.17 bits per heavy atom. The van der Waals surface area contributed by atoms with E-state index in [1.165, 1.54) is 5.56 Å². The molecule has 2 aromatic heterocycles. The van der Waals surface area contributed by atoms with Gasteiger partial charge in [-0.05, 0) is 30.2 Å². The summed E-state index contributed by atoms with van der Waals surface area (Å²) in [6.45, 7) is 6.86. The van der Waals surface area contributed by atoms with E-state index >= 15 is 0 Å². The Labute approximate surface area is 212 Å². The van der Waals surface area contributed by atoms with Crippen LogP contribution in [0.3, 0.4) is 0 Å². The Hall–Kier alpha value is -3.27. The number of hydrogen-bond acceptors (Lipinski definition) is 7. The number of piperazine rings is 1. The number of aromatic nitrogens is 3.